The number of nitrogens with one attached hydrogen (secondary N) is 3. The molecule has 7 rings (SSSR count). The number of sulfonamides is 1. The fourth-order valence-corrected chi connectivity index (χ4v) is 8.68. The number of benzene rings is 1. The van der Waals surface area contributed by atoms with E-state index in [1.165, 1.54) is 15.9 Å². The Hall–Kier alpha value is -5.25. The molecule has 4 heterocycles. The van der Waals surface area contributed by atoms with E-state index in [1.54, 1.807) is 18.3 Å². The summed E-state index contributed by atoms with van der Waals surface area (Å²) in [7, 11) is -3.94. The molecule has 1 unspecified atom stereocenters. The zero-order chi connectivity index (χ0) is 38.0. The average molecular weight is 761 g/mol. The SMILES string of the molecule is C=CC(=O)N1CC/C=C\C2C[C@@]2(C(=O)NS(=O)(=O)C2CC2)NC(=O)[C@@H]2C[C@@H]3CN2C(=O)[C@H](CC1)NC(=O)OCCC/C=C/c1ccc2ccnc(c2c1)O3. The Morgan fingerprint density at radius 2 is 1.91 bits per heavy atom. The van der Waals surface area contributed by atoms with Crippen molar-refractivity contribution in [2.45, 2.75) is 80.3 Å². The molecular formula is C38H44N6O9S. The smallest absolute Gasteiger partial charge is 0.407 e. The molecule has 3 N–H and O–H groups in total. The molecule has 54 heavy (non-hydrogen) atoms. The van der Waals surface area contributed by atoms with E-state index in [0.29, 0.717) is 38.0 Å². The van der Waals surface area contributed by atoms with E-state index in [4.69, 9.17) is 9.47 Å². The zero-order valence-electron chi connectivity index (χ0n) is 29.8. The maximum atomic E-state index is 14.6. The lowest BCUT2D eigenvalue weighted by Crippen LogP contribution is -2.58. The first-order chi connectivity index (χ1) is 26.0. The van der Waals surface area contributed by atoms with Gasteiger partial charge in [0, 0.05) is 37.0 Å². The number of cyclic esters (lactones) is 1. The summed E-state index contributed by atoms with van der Waals surface area (Å²) in [6, 6.07) is 5.33. The van der Waals surface area contributed by atoms with Gasteiger partial charge in [-0.15, -0.1) is 0 Å². The molecule has 0 radical (unpaired) electrons. The number of aromatic nitrogens is 1. The Balaban J connectivity index is 1.26. The molecule has 5 atom stereocenters. The highest BCUT2D eigenvalue weighted by Gasteiger charge is 2.62. The first kappa shape index (κ1) is 37.1. The van der Waals surface area contributed by atoms with Gasteiger partial charge >= 0.3 is 6.09 Å². The summed E-state index contributed by atoms with van der Waals surface area (Å²) in [6.07, 6.45) is 11.2. The van der Waals surface area contributed by atoms with Gasteiger partial charge in [-0.25, -0.2) is 18.2 Å². The lowest BCUT2D eigenvalue weighted by Gasteiger charge is -2.30. The van der Waals surface area contributed by atoms with Crippen LogP contribution in [0.25, 0.3) is 16.8 Å². The molecule has 5 bridgehead atoms. The lowest BCUT2D eigenvalue weighted by molar-refractivity contribution is -0.141. The van der Waals surface area contributed by atoms with Gasteiger partial charge in [-0.1, -0.05) is 43.0 Å². The summed E-state index contributed by atoms with van der Waals surface area (Å²) in [4.78, 5) is 76.0. The van der Waals surface area contributed by atoms with Crippen molar-refractivity contribution in [2.24, 2.45) is 5.92 Å². The summed E-state index contributed by atoms with van der Waals surface area (Å²) in [5, 5.41) is 6.46. The molecule has 16 heteroatoms. The van der Waals surface area contributed by atoms with Gasteiger partial charge in [0.05, 0.1) is 18.4 Å². The second kappa shape index (κ2) is 15.2. The van der Waals surface area contributed by atoms with Crippen molar-refractivity contribution in [1.29, 1.82) is 0 Å². The van der Waals surface area contributed by atoms with Crippen molar-refractivity contribution < 1.29 is 41.9 Å². The number of ether oxygens (including phenoxy) is 2. The first-order valence-corrected chi connectivity index (χ1v) is 19.9. The molecule has 3 aliphatic heterocycles. The highest BCUT2D eigenvalue weighted by Crippen LogP contribution is 2.46. The van der Waals surface area contributed by atoms with Crippen molar-refractivity contribution in [1.82, 2.24) is 30.1 Å². The van der Waals surface area contributed by atoms with E-state index in [2.05, 4.69) is 26.9 Å². The maximum absolute atomic E-state index is 14.6. The number of hydrogen-bond acceptors (Lipinski definition) is 10. The van der Waals surface area contributed by atoms with Crippen LogP contribution in [0.4, 0.5) is 4.79 Å². The zero-order valence-corrected chi connectivity index (χ0v) is 30.6. The number of alkyl carbamates (subject to hydrolysis) is 1. The quantitative estimate of drug-likeness (QED) is 0.308. The number of pyridine rings is 1. The minimum Gasteiger partial charge on any atom is -0.472 e. The molecule has 2 aromatic rings. The Bertz CT molecular complexity index is 2030. The molecule has 1 aromatic carbocycles. The molecular weight excluding hydrogens is 717 g/mol. The highest BCUT2D eigenvalue weighted by molar-refractivity contribution is 7.91. The Morgan fingerprint density at radius 1 is 1.07 bits per heavy atom. The lowest BCUT2D eigenvalue weighted by atomic mass is 10.1. The summed E-state index contributed by atoms with van der Waals surface area (Å²) in [5.41, 5.74) is -0.685. The van der Waals surface area contributed by atoms with Crippen LogP contribution in [0.5, 0.6) is 5.88 Å². The fraction of sp³-hybridized carbons (Fsp3) is 0.474. The minimum absolute atomic E-state index is 0.00201. The second-order valence-electron chi connectivity index (χ2n) is 14.4. The molecule has 1 saturated heterocycles. The molecule has 2 aliphatic carbocycles. The summed E-state index contributed by atoms with van der Waals surface area (Å²) in [6.45, 7) is 3.93. The van der Waals surface area contributed by atoms with Gasteiger partial charge in [-0.2, -0.15) is 0 Å². The third-order valence-electron chi connectivity index (χ3n) is 10.6. The Labute approximate surface area is 313 Å². The number of fused-ring (bicyclic) bond motifs is 4. The van der Waals surface area contributed by atoms with Crippen LogP contribution in [-0.4, -0.2) is 108 Å². The van der Waals surface area contributed by atoms with Gasteiger partial charge in [0.15, 0.2) is 0 Å². The molecule has 3 fully saturated rings. The topological polar surface area (TPSA) is 193 Å². The van der Waals surface area contributed by atoms with Crippen molar-refractivity contribution in [3.05, 3.63) is 66.9 Å². The molecule has 1 aromatic heterocycles. The van der Waals surface area contributed by atoms with Crippen LogP contribution >= 0.6 is 0 Å². The van der Waals surface area contributed by atoms with Crippen LogP contribution in [0.15, 0.2) is 61.3 Å². The molecule has 286 valence electrons. The minimum atomic E-state index is -3.94. The number of carbonyl (C=O) groups is 5. The molecule has 5 amide bonds. The van der Waals surface area contributed by atoms with Crippen LogP contribution in [-0.2, 0) is 33.9 Å². The van der Waals surface area contributed by atoms with Gasteiger partial charge in [0.1, 0.15) is 23.7 Å². The number of allylic oxidation sites excluding steroid dienone is 1. The second-order valence-corrected chi connectivity index (χ2v) is 16.4. The predicted octanol–water partition coefficient (Wildman–Crippen LogP) is 2.33. The largest absolute Gasteiger partial charge is 0.472 e. The number of rotatable bonds is 4. The summed E-state index contributed by atoms with van der Waals surface area (Å²) >= 11 is 0. The summed E-state index contributed by atoms with van der Waals surface area (Å²) in [5.74, 6) is -2.74. The van der Waals surface area contributed by atoms with Gasteiger partial charge in [0.25, 0.3) is 5.91 Å². The molecule has 5 aliphatic rings. The monoisotopic (exact) mass is 760 g/mol. The van der Waals surface area contributed by atoms with Crippen LogP contribution in [0.1, 0.15) is 56.9 Å². The van der Waals surface area contributed by atoms with E-state index in [-0.39, 0.29) is 51.4 Å². The van der Waals surface area contributed by atoms with Crippen LogP contribution in [0, 0.1) is 5.92 Å². The van der Waals surface area contributed by atoms with Crippen molar-refractivity contribution in [3.63, 3.8) is 0 Å². The van der Waals surface area contributed by atoms with Crippen molar-refractivity contribution >= 4 is 56.6 Å². The third kappa shape index (κ3) is 7.98. The van der Waals surface area contributed by atoms with Gasteiger partial charge in [-0.05, 0) is 74.1 Å². The Kier molecular flexibility index (Phi) is 10.5. The van der Waals surface area contributed by atoms with E-state index < -0.39 is 68.7 Å². The Morgan fingerprint density at radius 3 is 2.70 bits per heavy atom. The number of carbonyl (C=O) groups excluding carboxylic acids is 5. The van der Waals surface area contributed by atoms with Crippen LogP contribution in [0.2, 0.25) is 0 Å². The van der Waals surface area contributed by atoms with E-state index in [1.807, 2.05) is 36.4 Å². The van der Waals surface area contributed by atoms with Crippen LogP contribution < -0.4 is 20.1 Å². The van der Waals surface area contributed by atoms with Crippen LogP contribution in [0.3, 0.4) is 0 Å². The highest BCUT2D eigenvalue weighted by atomic mass is 32.2. The van der Waals surface area contributed by atoms with Crippen molar-refractivity contribution in [3.8, 4) is 5.88 Å². The normalized spacial score (nSPS) is 29.1. The number of hydrogen-bond donors (Lipinski definition) is 3. The van der Waals surface area contributed by atoms with Gasteiger partial charge in [0.2, 0.25) is 33.6 Å². The number of amides is 5. The number of nitrogens with zero attached hydrogens (tertiary/aromatic N) is 3. The molecule has 2 saturated carbocycles. The van der Waals surface area contributed by atoms with Gasteiger partial charge < -0.3 is 29.9 Å². The first-order valence-electron chi connectivity index (χ1n) is 18.4. The standard InChI is InChI=1S/C38H44N6O9S/c1-2-32(45)43-17-6-5-9-26-22-38(26,36(48)42-54(50,51)28-12-13-28)41-33(46)31-21-27-23-44(31)35(47)30(15-18-43)40-37(49)52-19-7-3-4-8-24-10-11-25-14-16-39-34(53-27)29(25)20-24/h2,4-5,8-11,14,16,20,26-28,30-31H,1,3,6-7,12-13,15,17-19,21-23H2,(H,40,49)(H,41,46)(H,42,48)/b8-4+,9-5-/t26?,27-,30+,31+,38-/m1/s1. The predicted molar refractivity (Wildman–Crippen MR) is 197 cm³/mol. The third-order valence-corrected chi connectivity index (χ3v) is 12.4. The average Bonchev–Trinajstić information content (AvgIpc) is 4.08. The van der Waals surface area contributed by atoms with Gasteiger partial charge in [-0.3, -0.25) is 23.9 Å². The van der Waals surface area contributed by atoms with E-state index in [9.17, 15) is 32.4 Å². The molecule has 0 spiro atoms. The van der Waals surface area contributed by atoms with E-state index >= 15 is 0 Å². The van der Waals surface area contributed by atoms with E-state index in [0.717, 1.165) is 16.3 Å². The fourth-order valence-electron chi connectivity index (χ4n) is 7.32. The van der Waals surface area contributed by atoms with Crippen molar-refractivity contribution in [2.75, 3.05) is 26.2 Å². The molecule has 15 nitrogen and oxygen atoms in total. The maximum Gasteiger partial charge on any atom is 0.407 e. The summed E-state index contributed by atoms with van der Waals surface area (Å²) < 4.78 is 39.8.